The fraction of sp³-hybridized carbons (Fsp3) is 0.500. The molecule has 0 spiro atoms. The highest BCUT2D eigenvalue weighted by Crippen LogP contribution is 2.30. The molecule has 0 radical (unpaired) electrons. The van der Waals surface area contributed by atoms with E-state index < -0.39 is 0 Å². The number of hydrogen-bond acceptors (Lipinski definition) is 2. The number of nitrogens with one attached hydrogen (secondary N) is 1. The number of thioether (sulfide) groups is 1. The van der Waals surface area contributed by atoms with Crippen LogP contribution in [0.2, 0.25) is 0 Å². The molecular weight excluding hydrogens is 190 g/mol. The van der Waals surface area contributed by atoms with Crippen LogP contribution < -0.4 is 5.32 Å². The van der Waals surface area contributed by atoms with Crippen LogP contribution in [-0.4, -0.2) is 11.8 Å². The van der Waals surface area contributed by atoms with E-state index in [-0.39, 0.29) is 0 Å². The van der Waals surface area contributed by atoms with Gasteiger partial charge in [0.15, 0.2) is 0 Å². The highest BCUT2D eigenvalue weighted by molar-refractivity contribution is 8.00. The van der Waals surface area contributed by atoms with Gasteiger partial charge in [0, 0.05) is 22.4 Å². The highest BCUT2D eigenvalue weighted by Gasteiger charge is 2.04. The maximum absolute atomic E-state index is 3.40. The minimum atomic E-state index is 0.634. The molecule has 0 aliphatic heterocycles. The zero-order valence-electron chi connectivity index (χ0n) is 9.42. The predicted molar refractivity (Wildman–Crippen MR) is 66.3 cm³/mol. The van der Waals surface area contributed by atoms with Crippen molar-refractivity contribution in [1.82, 2.24) is 0 Å². The summed E-state index contributed by atoms with van der Waals surface area (Å²) in [5.74, 6) is 0. The Hall–Kier alpha value is -0.630. The minimum absolute atomic E-state index is 0.634. The average molecular weight is 209 g/mol. The van der Waals surface area contributed by atoms with Gasteiger partial charge in [-0.1, -0.05) is 19.9 Å². The van der Waals surface area contributed by atoms with Crippen molar-refractivity contribution in [3.05, 3.63) is 23.8 Å². The Balaban J connectivity index is 2.89. The lowest BCUT2D eigenvalue weighted by Crippen LogP contribution is -1.99. The van der Waals surface area contributed by atoms with E-state index in [1.165, 1.54) is 16.1 Å². The average Bonchev–Trinajstić information content (AvgIpc) is 2.09. The number of rotatable bonds is 4. The van der Waals surface area contributed by atoms with Crippen LogP contribution in [-0.2, 0) is 0 Å². The third kappa shape index (κ3) is 3.26. The lowest BCUT2D eigenvalue weighted by atomic mass is 10.2. The SMILES string of the molecule is CCNc1cc(C)ccc1SC(C)C. The molecule has 0 aliphatic rings. The summed E-state index contributed by atoms with van der Waals surface area (Å²) < 4.78 is 0. The number of benzene rings is 1. The number of hydrogen-bond donors (Lipinski definition) is 1. The van der Waals surface area contributed by atoms with E-state index in [1.807, 2.05) is 11.8 Å². The standard InChI is InChI=1S/C12H19NS/c1-5-13-11-8-10(4)6-7-12(11)14-9(2)3/h6-9,13H,5H2,1-4H3. The van der Waals surface area contributed by atoms with Gasteiger partial charge in [-0.15, -0.1) is 11.8 Å². The molecule has 78 valence electrons. The van der Waals surface area contributed by atoms with Crippen molar-refractivity contribution < 1.29 is 0 Å². The Kier molecular flexibility index (Phi) is 4.33. The molecule has 0 aromatic heterocycles. The maximum atomic E-state index is 3.40. The zero-order chi connectivity index (χ0) is 10.6. The molecule has 0 saturated carbocycles. The molecule has 0 fully saturated rings. The van der Waals surface area contributed by atoms with Gasteiger partial charge in [0.2, 0.25) is 0 Å². The van der Waals surface area contributed by atoms with Crippen LogP contribution in [0.1, 0.15) is 26.3 Å². The Labute approximate surface area is 91.3 Å². The monoisotopic (exact) mass is 209 g/mol. The first-order valence-corrected chi connectivity index (χ1v) is 6.02. The van der Waals surface area contributed by atoms with Crippen molar-refractivity contribution >= 4 is 17.4 Å². The Bertz CT molecular complexity index is 294. The van der Waals surface area contributed by atoms with E-state index in [9.17, 15) is 0 Å². The molecule has 0 bridgehead atoms. The molecule has 14 heavy (non-hydrogen) atoms. The third-order valence-electron chi connectivity index (χ3n) is 1.86. The van der Waals surface area contributed by atoms with Crippen molar-refractivity contribution in [1.29, 1.82) is 0 Å². The summed E-state index contributed by atoms with van der Waals surface area (Å²) in [5.41, 5.74) is 2.58. The predicted octanol–water partition coefficient (Wildman–Crippen LogP) is 3.93. The van der Waals surface area contributed by atoms with E-state index >= 15 is 0 Å². The van der Waals surface area contributed by atoms with Gasteiger partial charge in [0.1, 0.15) is 0 Å². The van der Waals surface area contributed by atoms with Crippen molar-refractivity contribution in [2.45, 2.75) is 37.8 Å². The maximum Gasteiger partial charge on any atom is 0.0481 e. The van der Waals surface area contributed by atoms with Crippen LogP contribution in [0.25, 0.3) is 0 Å². The summed E-state index contributed by atoms with van der Waals surface area (Å²) in [4.78, 5) is 1.35. The summed E-state index contributed by atoms with van der Waals surface area (Å²) in [7, 11) is 0. The molecule has 1 nitrogen and oxygen atoms in total. The minimum Gasteiger partial charge on any atom is -0.384 e. The Morgan fingerprint density at radius 1 is 1.36 bits per heavy atom. The lowest BCUT2D eigenvalue weighted by molar-refractivity contribution is 1.10. The van der Waals surface area contributed by atoms with Crippen LogP contribution in [0.5, 0.6) is 0 Å². The van der Waals surface area contributed by atoms with Crippen LogP contribution in [0.4, 0.5) is 5.69 Å². The zero-order valence-corrected chi connectivity index (χ0v) is 10.2. The molecule has 0 amide bonds. The van der Waals surface area contributed by atoms with E-state index in [0.717, 1.165) is 6.54 Å². The number of anilines is 1. The highest BCUT2D eigenvalue weighted by atomic mass is 32.2. The largest absolute Gasteiger partial charge is 0.384 e. The van der Waals surface area contributed by atoms with Gasteiger partial charge in [-0.2, -0.15) is 0 Å². The first kappa shape index (κ1) is 11.4. The van der Waals surface area contributed by atoms with Crippen molar-refractivity contribution in [3.8, 4) is 0 Å². The molecule has 0 atom stereocenters. The van der Waals surface area contributed by atoms with Crippen LogP contribution in [0.3, 0.4) is 0 Å². The Morgan fingerprint density at radius 3 is 2.64 bits per heavy atom. The van der Waals surface area contributed by atoms with E-state index in [1.54, 1.807) is 0 Å². The summed E-state index contributed by atoms with van der Waals surface area (Å²) in [6.07, 6.45) is 0. The second-order valence-corrected chi connectivity index (χ2v) is 5.31. The third-order valence-corrected chi connectivity index (χ3v) is 2.95. The smallest absolute Gasteiger partial charge is 0.0481 e. The molecule has 1 rings (SSSR count). The van der Waals surface area contributed by atoms with Crippen LogP contribution >= 0.6 is 11.8 Å². The summed E-state index contributed by atoms with van der Waals surface area (Å²) in [5, 5.41) is 4.04. The first-order chi connectivity index (χ1) is 6.63. The molecular formula is C12H19NS. The molecule has 1 N–H and O–H groups in total. The van der Waals surface area contributed by atoms with Gasteiger partial charge in [-0.3, -0.25) is 0 Å². The second kappa shape index (κ2) is 5.30. The van der Waals surface area contributed by atoms with Gasteiger partial charge in [-0.25, -0.2) is 0 Å². The first-order valence-electron chi connectivity index (χ1n) is 5.14. The Morgan fingerprint density at radius 2 is 2.07 bits per heavy atom. The molecule has 0 heterocycles. The summed E-state index contributed by atoms with van der Waals surface area (Å²) in [6, 6.07) is 6.60. The van der Waals surface area contributed by atoms with E-state index in [4.69, 9.17) is 0 Å². The van der Waals surface area contributed by atoms with Crippen molar-refractivity contribution in [2.75, 3.05) is 11.9 Å². The summed E-state index contributed by atoms with van der Waals surface area (Å²) in [6.45, 7) is 9.69. The normalized spacial score (nSPS) is 10.6. The molecule has 0 aliphatic carbocycles. The fourth-order valence-electron chi connectivity index (χ4n) is 1.33. The fourth-order valence-corrected chi connectivity index (χ4v) is 2.24. The van der Waals surface area contributed by atoms with Gasteiger partial charge >= 0.3 is 0 Å². The summed E-state index contributed by atoms with van der Waals surface area (Å²) >= 11 is 1.91. The van der Waals surface area contributed by atoms with E-state index in [0.29, 0.717) is 5.25 Å². The van der Waals surface area contributed by atoms with E-state index in [2.05, 4.69) is 51.2 Å². The lowest BCUT2D eigenvalue weighted by Gasteiger charge is -2.12. The second-order valence-electron chi connectivity index (χ2n) is 3.70. The van der Waals surface area contributed by atoms with Crippen LogP contribution in [0, 0.1) is 6.92 Å². The van der Waals surface area contributed by atoms with Gasteiger partial charge in [-0.05, 0) is 31.5 Å². The topological polar surface area (TPSA) is 12.0 Å². The van der Waals surface area contributed by atoms with Crippen LogP contribution in [0.15, 0.2) is 23.1 Å². The van der Waals surface area contributed by atoms with Gasteiger partial charge in [0.25, 0.3) is 0 Å². The molecule has 1 aromatic carbocycles. The molecule has 2 heteroatoms. The quantitative estimate of drug-likeness (QED) is 0.754. The van der Waals surface area contributed by atoms with Crippen molar-refractivity contribution in [3.63, 3.8) is 0 Å². The van der Waals surface area contributed by atoms with Gasteiger partial charge in [0.05, 0.1) is 0 Å². The molecule has 0 saturated heterocycles. The molecule has 1 aromatic rings. The van der Waals surface area contributed by atoms with Gasteiger partial charge < -0.3 is 5.32 Å². The van der Waals surface area contributed by atoms with Crippen molar-refractivity contribution in [2.24, 2.45) is 0 Å². The molecule has 0 unspecified atom stereocenters. The number of aryl methyl sites for hydroxylation is 1.